The Labute approximate surface area is 137 Å². The van der Waals surface area contributed by atoms with E-state index < -0.39 is 0 Å². The average molecular weight is 333 g/mol. The molecule has 2 heterocycles. The number of pyridine rings is 1. The number of ether oxygens (including phenoxy) is 1. The fourth-order valence-corrected chi connectivity index (χ4v) is 3.11. The Morgan fingerprint density at radius 2 is 2.00 bits per heavy atom. The van der Waals surface area contributed by atoms with Gasteiger partial charge in [-0.1, -0.05) is 16.8 Å². The van der Waals surface area contributed by atoms with E-state index in [1.807, 2.05) is 31.3 Å². The van der Waals surface area contributed by atoms with Crippen LogP contribution in [0.5, 0.6) is 11.5 Å². The van der Waals surface area contributed by atoms with Crippen molar-refractivity contribution in [2.24, 2.45) is 5.16 Å². The summed E-state index contributed by atoms with van der Waals surface area (Å²) in [5, 5.41) is 5.63. The highest BCUT2D eigenvalue weighted by Gasteiger charge is 2.11. The minimum Gasteiger partial charge on any atom is -0.455 e. The molecule has 0 spiro atoms. The number of oxime groups is 1. The summed E-state index contributed by atoms with van der Waals surface area (Å²) in [4.78, 5) is 10.1. The van der Waals surface area contributed by atoms with E-state index in [4.69, 9.17) is 21.2 Å². The van der Waals surface area contributed by atoms with Crippen LogP contribution in [0.2, 0.25) is 5.02 Å². The molecule has 0 unspecified atom stereocenters. The maximum atomic E-state index is 5.91. The molecule has 0 aliphatic rings. The maximum Gasteiger partial charge on any atom is 0.154 e. The molecule has 0 saturated carbocycles. The summed E-state index contributed by atoms with van der Waals surface area (Å²) in [6, 6.07) is 9.26. The normalized spacial score (nSPS) is 11.7. The van der Waals surface area contributed by atoms with Gasteiger partial charge in [-0.05, 0) is 37.3 Å². The van der Waals surface area contributed by atoms with Gasteiger partial charge >= 0.3 is 0 Å². The fourth-order valence-electron chi connectivity index (χ4n) is 2.01. The average Bonchev–Trinajstić information content (AvgIpc) is 2.95. The Morgan fingerprint density at radius 1 is 1.23 bits per heavy atom. The van der Waals surface area contributed by atoms with Crippen molar-refractivity contribution in [2.75, 3.05) is 7.11 Å². The number of rotatable bonds is 4. The number of thiophene rings is 1. The molecule has 0 fully saturated rings. The van der Waals surface area contributed by atoms with Crippen molar-refractivity contribution in [3.05, 3.63) is 52.6 Å². The topological polar surface area (TPSA) is 43.7 Å². The molecular weight excluding hydrogens is 320 g/mol. The van der Waals surface area contributed by atoms with Gasteiger partial charge in [-0.25, -0.2) is 0 Å². The quantitative estimate of drug-likeness (QED) is 0.492. The van der Waals surface area contributed by atoms with Gasteiger partial charge in [0, 0.05) is 16.6 Å². The summed E-state index contributed by atoms with van der Waals surface area (Å²) in [6.07, 6.45) is 3.52. The highest BCUT2D eigenvalue weighted by molar-refractivity contribution is 7.20. The first-order chi connectivity index (χ1) is 10.7. The SMILES string of the molecule is CO/N=C(\C)c1cc2c(Oc3ccc(Cl)cc3)cncc2s1. The minimum absolute atomic E-state index is 0.674. The molecule has 0 saturated heterocycles. The number of fused-ring (bicyclic) bond motifs is 1. The monoisotopic (exact) mass is 332 g/mol. The second-order valence-corrected chi connectivity index (χ2v) is 6.10. The molecule has 22 heavy (non-hydrogen) atoms. The predicted octanol–water partition coefficient (Wildman–Crippen LogP) is 5.11. The molecular formula is C16H13ClN2O2S. The maximum absolute atomic E-state index is 5.91. The molecule has 0 atom stereocenters. The van der Waals surface area contributed by atoms with Crippen LogP contribution in [-0.4, -0.2) is 17.8 Å². The smallest absolute Gasteiger partial charge is 0.154 e. The largest absolute Gasteiger partial charge is 0.455 e. The third-order valence-corrected chi connectivity index (χ3v) is 4.47. The summed E-state index contributed by atoms with van der Waals surface area (Å²) in [6.45, 7) is 1.90. The number of halogens is 1. The number of hydrogen-bond acceptors (Lipinski definition) is 5. The van der Waals surface area contributed by atoms with Crippen molar-refractivity contribution in [1.29, 1.82) is 0 Å². The van der Waals surface area contributed by atoms with Crippen molar-refractivity contribution >= 4 is 38.7 Å². The van der Waals surface area contributed by atoms with Crippen molar-refractivity contribution in [1.82, 2.24) is 4.98 Å². The van der Waals surface area contributed by atoms with Crippen LogP contribution in [0, 0.1) is 0 Å². The summed E-state index contributed by atoms with van der Waals surface area (Å²) in [7, 11) is 1.54. The second-order valence-electron chi connectivity index (χ2n) is 4.58. The van der Waals surface area contributed by atoms with Gasteiger partial charge in [-0.15, -0.1) is 11.3 Å². The number of hydrogen-bond donors (Lipinski definition) is 0. The van der Waals surface area contributed by atoms with Gasteiger partial charge in [0.05, 0.1) is 21.5 Å². The van der Waals surface area contributed by atoms with E-state index in [9.17, 15) is 0 Å². The highest BCUT2D eigenvalue weighted by Crippen LogP contribution is 2.34. The van der Waals surface area contributed by atoms with E-state index in [0.29, 0.717) is 16.5 Å². The van der Waals surface area contributed by atoms with Crippen LogP contribution in [0.15, 0.2) is 47.9 Å². The van der Waals surface area contributed by atoms with E-state index in [2.05, 4.69) is 10.1 Å². The van der Waals surface area contributed by atoms with E-state index in [0.717, 1.165) is 20.7 Å². The predicted molar refractivity (Wildman–Crippen MR) is 90.4 cm³/mol. The molecule has 0 bridgehead atoms. The molecule has 4 nitrogen and oxygen atoms in total. The lowest BCUT2D eigenvalue weighted by molar-refractivity contribution is 0.213. The molecule has 3 aromatic rings. The lowest BCUT2D eigenvalue weighted by Crippen LogP contribution is -1.90. The second kappa shape index (κ2) is 6.34. The molecule has 3 rings (SSSR count). The van der Waals surface area contributed by atoms with Crippen molar-refractivity contribution in [3.8, 4) is 11.5 Å². The third-order valence-electron chi connectivity index (χ3n) is 3.04. The minimum atomic E-state index is 0.674. The van der Waals surface area contributed by atoms with Gasteiger partial charge in [-0.3, -0.25) is 4.98 Å². The zero-order chi connectivity index (χ0) is 15.5. The Balaban J connectivity index is 1.99. The van der Waals surface area contributed by atoms with E-state index in [1.54, 1.807) is 29.7 Å². The Morgan fingerprint density at radius 3 is 2.73 bits per heavy atom. The molecule has 0 N–H and O–H groups in total. The van der Waals surface area contributed by atoms with Crippen LogP contribution < -0.4 is 4.74 Å². The van der Waals surface area contributed by atoms with Gasteiger partial charge in [0.2, 0.25) is 0 Å². The molecule has 0 aliphatic carbocycles. The lowest BCUT2D eigenvalue weighted by Gasteiger charge is -2.06. The van der Waals surface area contributed by atoms with Gasteiger partial charge in [0.15, 0.2) is 5.75 Å². The molecule has 0 radical (unpaired) electrons. The first-order valence-corrected chi connectivity index (χ1v) is 7.76. The Kier molecular flexibility index (Phi) is 4.27. The van der Waals surface area contributed by atoms with Crippen LogP contribution in [-0.2, 0) is 4.84 Å². The van der Waals surface area contributed by atoms with E-state index in [1.165, 1.54) is 7.11 Å². The highest BCUT2D eigenvalue weighted by atomic mass is 35.5. The van der Waals surface area contributed by atoms with Crippen molar-refractivity contribution in [2.45, 2.75) is 6.92 Å². The van der Waals surface area contributed by atoms with Crippen LogP contribution >= 0.6 is 22.9 Å². The zero-order valence-corrected chi connectivity index (χ0v) is 13.6. The summed E-state index contributed by atoms with van der Waals surface area (Å²) in [5.74, 6) is 1.42. The van der Waals surface area contributed by atoms with Crippen LogP contribution in [0.3, 0.4) is 0 Å². The number of aromatic nitrogens is 1. The first kappa shape index (κ1) is 14.8. The van der Waals surface area contributed by atoms with Crippen LogP contribution in [0.4, 0.5) is 0 Å². The molecule has 1 aromatic carbocycles. The molecule has 112 valence electrons. The van der Waals surface area contributed by atoms with Gasteiger partial charge < -0.3 is 9.57 Å². The first-order valence-electron chi connectivity index (χ1n) is 6.56. The number of nitrogens with zero attached hydrogens (tertiary/aromatic N) is 2. The molecule has 2 aromatic heterocycles. The summed E-state index contributed by atoms with van der Waals surface area (Å²) < 4.78 is 6.95. The zero-order valence-electron chi connectivity index (χ0n) is 12.0. The van der Waals surface area contributed by atoms with Gasteiger partial charge in [0.1, 0.15) is 12.9 Å². The number of benzene rings is 1. The van der Waals surface area contributed by atoms with Crippen molar-refractivity contribution in [3.63, 3.8) is 0 Å². The summed E-state index contributed by atoms with van der Waals surface area (Å²) in [5.41, 5.74) is 0.821. The Bertz CT molecular complexity index is 828. The Hall–Kier alpha value is -2.11. The summed E-state index contributed by atoms with van der Waals surface area (Å²) >= 11 is 7.48. The lowest BCUT2D eigenvalue weighted by atomic mass is 10.2. The van der Waals surface area contributed by atoms with Gasteiger partial charge in [0.25, 0.3) is 0 Å². The standard InChI is InChI=1S/C16H13ClN2O2S/c1-10(19-20-2)15-7-13-14(8-18-9-16(13)22-15)21-12-5-3-11(17)4-6-12/h3-9H,1-2H3/b19-10+. The third kappa shape index (κ3) is 3.05. The van der Waals surface area contributed by atoms with Crippen LogP contribution in [0.1, 0.15) is 11.8 Å². The van der Waals surface area contributed by atoms with E-state index in [-0.39, 0.29) is 0 Å². The molecule has 0 amide bonds. The van der Waals surface area contributed by atoms with Crippen LogP contribution in [0.25, 0.3) is 10.1 Å². The molecule has 0 aliphatic heterocycles. The van der Waals surface area contributed by atoms with E-state index >= 15 is 0 Å². The molecule has 6 heteroatoms. The fraction of sp³-hybridized carbons (Fsp3) is 0.125. The van der Waals surface area contributed by atoms with Gasteiger partial charge in [-0.2, -0.15) is 0 Å². The van der Waals surface area contributed by atoms with Crippen molar-refractivity contribution < 1.29 is 9.57 Å².